The van der Waals surface area contributed by atoms with E-state index in [2.05, 4.69) is 21.5 Å². The Kier molecular flexibility index (Phi) is 8.16. The van der Waals surface area contributed by atoms with Gasteiger partial charge in [-0.05, 0) is 24.3 Å². The van der Waals surface area contributed by atoms with E-state index in [0.29, 0.717) is 28.6 Å². The number of terminal acetylenes is 1. The van der Waals surface area contributed by atoms with Crippen LogP contribution in [0.25, 0.3) is 0 Å². The lowest BCUT2D eigenvalue weighted by Crippen LogP contribution is -2.39. The molecule has 0 fully saturated rings. The molecule has 2 aromatic carbocycles. The van der Waals surface area contributed by atoms with Gasteiger partial charge in [0.1, 0.15) is 0 Å². The van der Waals surface area contributed by atoms with Gasteiger partial charge in [0.25, 0.3) is 0 Å². The van der Waals surface area contributed by atoms with Crippen LogP contribution >= 0.6 is 0 Å². The van der Waals surface area contributed by atoms with Gasteiger partial charge >= 0.3 is 6.09 Å². The summed E-state index contributed by atoms with van der Waals surface area (Å²) in [5.41, 5.74) is -0.294. The normalized spacial score (nSPS) is 14.8. The standard InChI is InChI=1S/C24H27N3O7/c1-5-12-24(26-27-24)15-25-23(29)34-22(16-10-11-18(31-3)20(13-16)32-4)21(14-28)33-19-9-7-6-8-17(19)30-2/h1,6-11,13,21-22,28H,12,14-15H2,2-4H3,(H,25,29). The zero-order valence-electron chi connectivity index (χ0n) is 19.2. The van der Waals surface area contributed by atoms with Crippen LogP contribution in [-0.2, 0) is 4.74 Å². The Labute approximate surface area is 197 Å². The number of aliphatic hydroxyl groups is 1. The molecule has 3 rings (SSSR count). The maximum atomic E-state index is 12.7. The topological polar surface area (TPSA) is 120 Å². The number of hydrogen-bond acceptors (Lipinski definition) is 9. The molecule has 2 N–H and O–H groups in total. The van der Waals surface area contributed by atoms with E-state index in [1.807, 2.05) is 0 Å². The first-order valence-electron chi connectivity index (χ1n) is 10.4. The highest BCUT2D eigenvalue weighted by Gasteiger charge is 2.40. The number of ether oxygens (including phenoxy) is 5. The van der Waals surface area contributed by atoms with Gasteiger partial charge in [-0.1, -0.05) is 18.2 Å². The largest absolute Gasteiger partial charge is 0.493 e. The number of amides is 1. The molecular weight excluding hydrogens is 442 g/mol. The van der Waals surface area contributed by atoms with Crippen LogP contribution < -0.4 is 24.3 Å². The van der Waals surface area contributed by atoms with Crippen molar-refractivity contribution in [3.05, 3.63) is 48.0 Å². The minimum absolute atomic E-state index is 0.0891. The van der Waals surface area contributed by atoms with Crippen molar-refractivity contribution in [2.45, 2.75) is 24.3 Å². The monoisotopic (exact) mass is 469 g/mol. The summed E-state index contributed by atoms with van der Waals surface area (Å²) in [5.74, 6) is 4.24. The van der Waals surface area contributed by atoms with Gasteiger partial charge < -0.3 is 34.1 Å². The lowest BCUT2D eigenvalue weighted by molar-refractivity contribution is -0.0130. The average Bonchev–Trinajstić information content (AvgIpc) is 3.64. The molecule has 1 aliphatic rings. The van der Waals surface area contributed by atoms with Gasteiger partial charge in [0.15, 0.2) is 35.2 Å². The van der Waals surface area contributed by atoms with Gasteiger partial charge in [-0.2, -0.15) is 10.2 Å². The van der Waals surface area contributed by atoms with Crippen molar-refractivity contribution in [1.29, 1.82) is 0 Å². The summed E-state index contributed by atoms with van der Waals surface area (Å²) in [5, 5.41) is 20.6. The number of aliphatic hydroxyl groups excluding tert-OH is 1. The minimum Gasteiger partial charge on any atom is -0.493 e. The van der Waals surface area contributed by atoms with E-state index in [0.717, 1.165) is 0 Å². The van der Waals surface area contributed by atoms with Crippen LogP contribution in [0.5, 0.6) is 23.0 Å². The maximum Gasteiger partial charge on any atom is 0.408 e. The summed E-state index contributed by atoms with van der Waals surface area (Å²) >= 11 is 0. The van der Waals surface area contributed by atoms with E-state index in [4.69, 9.17) is 30.1 Å². The van der Waals surface area contributed by atoms with E-state index in [9.17, 15) is 9.90 Å². The summed E-state index contributed by atoms with van der Waals surface area (Å²) in [6, 6.07) is 12.0. The Balaban J connectivity index is 1.86. The SMILES string of the molecule is C#CCC1(CNC(=O)OC(c2ccc(OC)c(OC)c2)C(CO)Oc2ccccc2OC)N=N1. The highest BCUT2D eigenvalue weighted by Crippen LogP contribution is 2.36. The molecule has 10 heteroatoms. The number of methoxy groups -OCH3 is 3. The number of nitrogens with one attached hydrogen (secondary N) is 1. The van der Waals surface area contributed by atoms with Crippen LogP contribution in [0.4, 0.5) is 4.79 Å². The molecule has 180 valence electrons. The van der Waals surface area contributed by atoms with E-state index < -0.39 is 30.6 Å². The third kappa shape index (κ3) is 5.88. The number of hydrogen-bond donors (Lipinski definition) is 2. The third-order valence-electron chi connectivity index (χ3n) is 5.12. The van der Waals surface area contributed by atoms with Crippen LogP contribution in [0.1, 0.15) is 18.1 Å². The Bertz CT molecular complexity index is 1060. The summed E-state index contributed by atoms with van der Waals surface area (Å²) in [6.07, 6.45) is 2.85. The number of benzene rings is 2. The van der Waals surface area contributed by atoms with E-state index in [-0.39, 0.29) is 13.0 Å². The molecule has 34 heavy (non-hydrogen) atoms. The van der Waals surface area contributed by atoms with Crippen molar-refractivity contribution in [1.82, 2.24) is 5.32 Å². The van der Waals surface area contributed by atoms with Crippen molar-refractivity contribution in [2.75, 3.05) is 34.5 Å². The van der Waals surface area contributed by atoms with Crippen molar-refractivity contribution in [2.24, 2.45) is 10.2 Å². The Hall–Kier alpha value is -3.97. The summed E-state index contributed by atoms with van der Waals surface area (Å²) in [4.78, 5) is 12.7. The molecular formula is C24H27N3O7. The number of para-hydroxylation sites is 2. The summed E-state index contributed by atoms with van der Waals surface area (Å²) < 4.78 is 27.7. The first kappa shape index (κ1) is 24.7. The third-order valence-corrected chi connectivity index (χ3v) is 5.12. The zero-order chi connectivity index (χ0) is 24.6. The molecule has 1 heterocycles. The predicted molar refractivity (Wildman–Crippen MR) is 122 cm³/mol. The van der Waals surface area contributed by atoms with E-state index in [1.54, 1.807) is 42.5 Å². The predicted octanol–water partition coefficient (Wildman–Crippen LogP) is 3.11. The number of rotatable bonds is 12. The lowest BCUT2D eigenvalue weighted by atomic mass is 10.0. The Morgan fingerprint density at radius 3 is 2.29 bits per heavy atom. The maximum absolute atomic E-state index is 12.7. The fraction of sp³-hybridized carbons (Fsp3) is 0.375. The van der Waals surface area contributed by atoms with Gasteiger partial charge in [-0.15, -0.1) is 12.3 Å². The number of nitrogens with zero attached hydrogens (tertiary/aromatic N) is 2. The van der Waals surface area contributed by atoms with E-state index in [1.165, 1.54) is 21.3 Å². The summed E-state index contributed by atoms with van der Waals surface area (Å²) in [7, 11) is 4.51. The molecule has 1 amide bonds. The number of alkyl carbamates (subject to hydrolysis) is 1. The van der Waals surface area contributed by atoms with Crippen molar-refractivity contribution in [3.8, 4) is 35.3 Å². The molecule has 0 aliphatic carbocycles. The second-order valence-electron chi connectivity index (χ2n) is 7.35. The van der Waals surface area contributed by atoms with Crippen molar-refractivity contribution >= 4 is 6.09 Å². The zero-order valence-corrected chi connectivity index (χ0v) is 19.2. The van der Waals surface area contributed by atoms with Gasteiger partial charge in [0.05, 0.1) is 40.9 Å². The first-order valence-corrected chi connectivity index (χ1v) is 10.4. The van der Waals surface area contributed by atoms with Gasteiger partial charge in [-0.3, -0.25) is 0 Å². The number of carbonyl (C=O) groups is 1. The van der Waals surface area contributed by atoms with Crippen molar-refractivity contribution < 1.29 is 33.6 Å². The molecule has 2 unspecified atom stereocenters. The van der Waals surface area contributed by atoms with Gasteiger partial charge in [0.2, 0.25) is 5.66 Å². The highest BCUT2D eigenvalue weighted by molar-refractivity contribution is 5.68. The van der Waals surface area contributed by atoms with E-state index >= 15 is 0 Å². The average molecular weight is 469 g/mol. The molecule has 0 radical (unpaired) electrons. The van der Waals surface area contributed by atoms with Crippen LogP contribution in [-0.4, -0.2) is 57.4 Å². The molecule has 0 aromatic heterocycles. The van der Waals surface area contributed by atoms with Crippen LogP contribution in [0, 0.1) is 12.3 Å². The summed E-state index contributed by atoms with van der Waals surface area (Å²) in [6.45, 7) is -0.373. The van der Waals surface area contributed by atoms with Gasteiger partial charge in [0, 0.05) is 5.56 Å². The molecule has 0 saturated heterocycles. The molecule has 0 bridgehead atoms. The molecule has 10 nitrogen and oxygen atoms in total. The van der Waals surface area contributed by atoms with Crippen molar-refractivity contribution in [3.63, 3.8) is 0 Å². The Morgan fingerprint density at radius 1 is 1.06 bits per heavy atom. The minimum atomic E-state index is -1.02. The second-order valence-corrected chi connectivity index (χ2v) is 7.35. The molecule has 1 aliphatic heterocycles. The highest BCUT2D eigenvalue weighted by atomic mass is 16.6. The smallest absolute Gasteiger partial charge is 0.408 e. The van der Waals surface area contributed by atoms with Crippen LogP contribution in [0.2, 0.25) is 0 Å². The molecule has 2 atom stereocenters. The fourth-order valence-corrected chi connectivity index (χ4v) is 3.27. The second kappa shape index (κ2) is 11.2. The van der Waals surface area contributed by atoms with Gasteiger partial charge in [-0.25, -0.2) is 4.79 Å². The fourth-order valence-electron chi connectivity index (χ4n) is 3.27. The molecule has 0 saturated carbocycles. The molecule has 0 spiro atoms. The first-order chi connectivity index (χ1) is 16.5. The molecule has 2 aromatic rings. The number of carbonyl (C=O) groups excluding carboxylic acids is 1. The Morgan fingerprint density at radius 2 is 1.71 bits per heavy atom. The quantitative estimate of drug-likeness (QED) is 0.458. The van der Waals surface area contributed by atoms with Crippen LogP contribution in [0.15, 0.2) is 52.7 Å². The lowest BCUT2D eigenvalue weighted by Gasteiger charge is -2.28. The van der Waals surface area contributed by atoms with Crippen LogP contribution in [0.3, 0.4) is 0 Å².